The lowest BCUT2D eigenvalue weighted by atomic mass is 9.89. The van der Waals surface area contributed by atoms with Gasteiger partial charge in [-0.2, -0.15) is 0 Å². The Labute approximate surface area is 182 Å². The largest absolute Gasteiger partial charge is 0.465 e. The van der Waals surface area contributed by atoms with E-state index in [1.807, 2.05) is 42.5 Å². The smallest absolute Gasteiger partial charge is 0.410 e. The highest BCUT2D eigenvalue weighted by Gasteiger charge is 2.29. The molecule has 0 spiro atoms. The number of anilines is 1. The van der Waals surface area contributed by atoms with Crippen molar-refractivity contribution in [1.82, 2.24) is 4.90 Å². The SMILES string of the molecule is CCOC(=O)CN(C(C)=O)c1ccc(-c2ccccc2)c2c1CN(C(=O)OCC)CC2. The Morgan fingerprint density at radius 3 is 2.32 bits per heavy atom. The summed E-state index contributed by atoms with van der Waals surface area (Å²) in [4.78, 5) is 40.0. The number of carbonyl (C=O) groups is 3. The number of hydrogen-bond acceptors (Lipinski definition) is 5. The van der Waals surface area contributed by atoms with Crippen LogP contribution in [0.4, 0.5) is 10.5 Å². The molecule has 0 saturated carbocycles. The Morgan fingerprint density at radius 1 is 0.968 bits per heavy atom. The van der Waals surface area contributed by atoms with Gasteiger partial charge in [-0.15, -0.1) is 0 Å². The van der Waals surface area contributed by atoms with Gasteiger partial charge in [0.25, 0.3) is 0 Å². The number of benzene rings is 2. The molecule has 1 heterocycles. The van der Waals surface area contributed by atoms with Crippen molar-refractivity contribution < 1.29 is 23.9 Å². The van der Waals surface area contributed by atoms with Gasteiger partial charge in [0.2, 0.25) is 5.91 Å². The van der Waals surface area contributed by atoms with Crippen molar-refractivity contribution >= 4 is 23.7 Å². The normalized spacial score (nSPS) is 12.7. The minimum absolute atomic E-state index is 0.181. The predicted octanol–water partition coefficient (Wildman–Crippen LogP) is 3.78. The number of carbonyl (C=O) groups excluding carboxylic acids is 3. The van der Waals surface area contributed by atoms with Gasteiger partial charge in [0.15, 0.2) is 0 Å². The van der Waals surface area contributed by atoms with E-state index in [9.17, 15) is 14.4 Å². The Kier molecular flexibility index (Phi) is 7.28. The van der Waals surface area contributed by atoms with E-state index in [1.165, 1.54) is 11.8 Å². The highest BCUT2D eigenvalue weighted by atomic mass is 16.6. The molecule has 2 aromatic rings. The molecule has 0 fully saturated rings. The molecule has 7 nitrogen and oxygen atoms in total. The zero-order valence-corrected chi connectivity index (χ0v) is 18.2. The first-order valence-corrected chi connectivity index (χ1v) is 10.5. The number of hydrogen-bond donors (Lipinski definition) is 0. The van der Waals surface area contributed by atoms with Gasteiger partial charge >= 0.3 is 12.1 Å². The molecule has 0 bridgehead atoms. The third-order valence-corrected chi connectivity index (χ3v) is 5.26. The van der Waals surface area contributed by atoms with Crippen LogP contribution in [0, 0.1) is 0 Å². The minimum Gasteiger partial charge on any atom is -0.465 e. The van der Waals surface area contributed by atoms with Crippen LogP contribution in [0.15, 0.2) is 42.5 Å². The molecular formula is C24H28N2O5. The van der Waals surface area contributed by atoms with Crippen molar-refractivity contribution in [3.05, 3.63) is 53.6 Å². The average molecular weight is 424 g/mol. The van der Waals surface area contributed by atoms with Crippen LogP contribution in [0.1, 0.15) is 31.9 Å². The zero-order valence-electron chi connectivity index (χ0n) is 18.2. The molecule has 0 radical (unpaired) electrons. The van der Waals surface area contributed by atoms with Crippen LogP contribution >= 0.6 is 0 Å². The van der Waals surface area contributed by atoms with Crippen molar-refractivity contribution in [3.8, 4) is 11.1 Å². The quantitative estimate of drug-likeness (QED) is 0.660. The molecule has 0 unspecified atom stereocenters. The van der Waals surface area contributed by atoms with Crippen molar-refractivity contribution in [2.45, 2.75) is 33.7 Å². The van der Waals surface area contributed by atoms with E-state index in [0.29, 0.717) is 31.8 Å². The van der Waals surface area contributed by atoms with Crippen LogP contribution < -0.4 is 4.90 Å². The fourth-order valence-electron chi connectivity index (χ4n) is 3.87. The lowest BCUT2D eigenvalue weighted by Gasteiger charge is -2.33. The Hall–Kier alpha value is -3.35. The third-order valence-electron chi connectivity index (χ3n) is 5.26. The fourth-order valence-corrected chi connectivity index (χ4v) is 3.87. The molecule has 0 aromatic heterocycles. The lowest BCUT2D eigenvalue weighted by Crippen LogP contribution is -2.40. The maximum atomic E-state index is 12.5. The zero-order chi connectivity index (χ0) is 22.4. The highest BCUT2D eigenvalue weighted by molar-refractivity contribution is 5.97. The number of ether oxygens (including phenoxy) is 2. The minimum atomic E-state index is -0.475. The molecule has 1 aliphatic heterocycles. The Morgan fingerprint density at radius 2 is 1.68 bits per heavy atom. The van der Waals surface area contributed by atoms with Gasteiger partial charge in [-0.05, 0) is 48.6 Å². The van der Waals surface area contributed by atoms with Crippen molar-refractivity contribution in [2.24, 2.45) is 0 Å². The second kappa shape index (κ2) is 10.1. The van der Waals surface area contributed by atoms with Crippen molar-refractivity contribution in [2.75, 3.05) is 31.2 Å². The molecule has 3 rings (SSSR count). The third kappa shape index (κ3) is 5.05. The average Bonchev–Trinajstić information content (AvgIpc) is 2.77. The summed E-state index contributed by atoms with van der Waals surface area (Å²) in [5.41, 5.74) is 4.65. The second-order valence-corrected chi connectivity index (χ2v) is 7.24. The number of fused-ring (bicyclic) bond motifs is 1. The van der Waals surface area contributed by atoms with Gasteiger partial charge < -0.3 is 19.3 Å². The Balaban J connectivity index is 2.08. The molecule has 1 aliphatic rings. The standard InChI is InChI=1S/C24H28N2O5/c1-4-30-23(28)16-26(17(3)27)22-12-11-19(18-9-7-6-8-10-18)20-13-14-25(15-21(20)22)24(29)31-5-2/h6-12H,4-5,13-16H2,1-3H3. The molecule has 7 heteroatoms. The molecule has 0 atom stereocenters. The first-order chi connectivity index (χ1) is 15.0. The summed E-state index contributed by atoms with van der Waals surface area (Å²) >= 11 is 0. The molecule has 0 N–H and O–H groups in total. The van der Waals surface area contributed by atoms with Crippen LogP contribution in [0.25, 0.3) is 11.1 Å². The Bertz CT molecular complexity index is 958. The topological polar surface area (TPSA) is 76.2 Å². The van der Waals surface area contributed by atoms with E-state index in [1.54, 1.807) is 18.7 Å². The monoisotopic (exact) mass is 424 g/mol. The predicted molar refractivity (Wildman–Crippen MR) is 118 cm³/mol. The highest BCUT2D eigenvalue weighted by Crippen LogP contribution is 2.36. The summed E-state index contributed by atoms with van der Waals surface area (Å²) in [6.07, 6.45) is 0.237. The van der Waals surface area contributed by atoms with Gasteiger partial charge in [0.05, 0.1) is 19.8 Å². The lowest BCUT2D eigenvalue weighted by molar-refractivity contribution is -0.142. The molecule has 164 valence electrons. The molecule has 2 aromatic carbocycles. The van der Waals surface area contributed by atoms with Gasteiger partial charge in [0, 0.05) is 19.2 Å². The summed E-state index contributed by atoms with van der Waals surface area (Å²) in [7, 11) is 0. The van der Waals surface area contributed by atoms with E-state index in [0.717, 1.165) is 22.3 Å². The van der Waals surface area contributed by atoms with Crippen LogP contribution in [0.2, 0.25) is 0 Å². The van der Waals surface area contributed by atoms with E-state index in [2.05, 4.69) is 0 Å². The first-order valence-electron chi connectivity index (χ1n) is 10.5. The van der Waals surface area contributed by atoms with E-state index in [4.69, 9.17) is 9.47 Å². The molecule has 2 amide bonds. The van der Waals surface area contributed by atoms with E-state index < -0.39 is 5.97 Å². The summed E-state index contributed by atoms with van der Waals surface area (Å²) in [6, 6.07) is 13.8. The van der Waals surface area contributed by atoms with Crippen LogP contribution in [0.3, 0.4) is 0 Å². The maximum absolute atomic E-state index is 12.5. The van der Waals surface area contributed by atoms with Crippen molar-refractivity contribution in [3.63, 3.8) is 0 Å². The van der Waals surface area contributed by atoms with E-state index in [-0.39, 0.29) is 25.2 Å². The summed E-state index contributed by atoms with van der Waals surface area (Å²) in [5, 5.41) is 0. The van der Waals surface area contributed by atoms with Gasteiger partial charge in [-0.1, -0.05) is 36.4 Å². The molecular weight excluding hydrogens is 396 g/mol. The summed E-state index contributed by atoms with van der Waals surface area (Å²) < 4.78 is 10.2. The summed E-state index contributed by atoms with van der Waals surface area (Å²) in [5.74, 6) is -0.743. The second-order valence-electron chi connectivity index (χ2n) is 7.24. The van der Waals surface area contributed by atoms with Gasteiger partial charge in [-0.3, -0.25) is 9.59 Å². The number of rotatable bonds is 6. The molecule has 0 aliphatic carbocycles. The summed E-state index contributed by atoms with van der Waals surface area (Å²) in [6.45, 7) is 6.09. The number of nitrogens with zero attached hydrogens (tertiary/aromatic N) is 2. The molecule has 0 saturated heterocycles. The maximum Gasteiger partial charge on any atom is 0.410 e. The van der Waals surface area contributed by atoms with Crippen molar-refractivity contribution in [1.29, 1.82) is 0 Å². The van der Waals surface area contributed by atoms with Crippen LogP contribution in [0.5, 0.6) is 0 Å². The van der Waals surface area contributed by atoms with Gasteiger partial charge in [0.1, 0.15) is 6.54 Å². The van der Waals surface area contributed by atoms with Gasteiger partial charge in [-0.25, -0.2) is 4.79 Å². The number of esters is 1. The first kappa shape index (κ1) is 22.3. The number of amides is 2. The van der Waals surface area contributed by atoms with E-state index >= 15 is 0 Å². The fraction of sp³-hybridized carbons (Fsp3) is 0.375. The van der Waals surface area contributed by atoms with Crippen LogP contribution in [-0.2, 0) is 32.0 Å². The van der Waals surface area contributed by atoms with Crippen LogP contribution in [-0.4, -0.2) is 49.2 Å². The molecule has 31 heavy (non-hydrogen) atoms.